The van der Waals surface area contributed by atoms with E-state index in [9.17, 15) is 14.4 Å². The molecule has 2 heterocycles. The van der Waals surface area contributed by atoms with Crippen molar-refractivity contribution in [3.05, 3.63) is 63.6 Å². The first kappa shape index (κ1) is 20.7. The Kier molecular flexibility index (Phi) is 5.52. The number of ether oxygens (including phenoxy) is 3. The van der Waals surface area contributed by atoms with Crippen LogP contribution < -0.4 is 11.1 Å². The maximum atomic E-state index is 13.3. The predicted octanol–water partition coefficient (Wildman–Crippen LogP) is 2.41. The molecule has 0 aliphatic carbocycles. The number of benzene rings is 1. The second kappa shape index (κ2) is 7.75. The minimum absolute atomic E-state index is 0.0199. The average molecular weight is 463 g/mol. The highest BCUT2D eigenvalue weighted by atomic mass is 79.9. The van der Waals surface area contributed by atoms with Crippen LogP contribution in [0.25, 0.3) is 0 Å². The van der Waals surface area contributed by atoms with Gasteiger partial charge in [0.2, 0.25) is 0 Å². The fourth-order valence-corrected chi connectivity index (χ4v) is 3.92. The van der Waals surface area contributed by atoms with Crippen LogP contribution in [-0.4, -0.2) is 31.1 Å². The molecular formula is C20H19BrN2O6. The van der Waals surface area contributed by atoms with E-state index in [-0.39, 0.29) is 35.9 Å². The van der Waals surface area contributed by atoms with Crippen molar-refractivity contribution in [2.75, 3.05) is 18.5 Å². The van der Waals surface area contributed by atoms with Crippen LogP contribution in [0.1, 0.15) is 19.4 Å². The monoisotopic (exact) mass is 462 g/mol. The molecule has 0 aromatic heterocycles. The molecule has 9 heteroatoms. The zero-order valence-corrected chi connectivity index (χ0v) is 17.4. The van der Waals surface area contributed by atoms with Crippen LogP contribution >= 0.6 is 15.9 Å². The number of anilines is 1. The summed E-state index contributed by atoms with van der Waals surface area (Å²) in [6, 6.07) is 5.02. The van der Waals surface area contributed by atoms with Gasteiger partial charge in [-0.2, -0.15) is 0 Å². The Morgan fingerprint density at radius 2 is 2.00 bits per heavy atom. The van der Waals surface area contributed by atoms with Gasteiger partial charge in [-0.15, -0.1) is 0 Å². The van der Waals surface area contributed by atoms with Crippen LogP contribution in [0.4, 0.5) is 5.69 Å². The smallest absolute Gasteiger partial charge is 0.339 e. The summed E-state index contributed by atoms with van der Waals surface area (Å²) >= 11 is 3.37. The van der Waals surface area contributed by atoms with Crippen molar-refractivity contribution in [3.63, 3.8) is 0 Å². The molecule has 0 radical (unpaired) electrons. The summed E-state index contributed by atoms with van der Waals surface area (Å²) in [5.41, 5.74) is 4.62. The molecule has 0 fully saturated rings. The number of nitrogens with two attached hydrogens (primary N) is 1. The lowest BCUT2D eigenvalue weighted by molar-refractivity contribution is -0.147. The number of rotatable bonds is 5. The number of hydrogen-bond donors (Lipinski definition) is 2. The Bertz CT molecular complexity index is 997. The molecule has 0 saturated heterocycles. The number of fused-ring (bicyclic) bond motifs is 2. The fourth-order valence-electron chi connectivity index (χ4n) is 3.55. The Balaban J connectivity index is 2.37. The maximum Gasteiger partial charge on any atom is 0.339 e. The third-order valence-electron chi connectivity index (χ3n) is 4.59. The summed E-state index contributed by atoms with van der Waals surface area (Å²) in [5, 5.41) is 2.90. The van der Waals surface area contributed by atoms with Crippen molar-refractivity contribution in [1.82, 2.24) is 0 Å². The second-order valence-electron chi connectivity index (χ2n) is 6.28. The Morgan fingerprint density at radius 1 is 1.31 bits per heavy atom. The summed E-state index contributed by atoms with van der Waals surface area (Å²) in [4.78, 5) is 39.1. The third kappa shape index (κ3) is 3.11. The highest BCUT2D eigenvalue weighted by molar-refractivity contribution is 9.10. The zero-order valence-electron chi connectivity index (χ0n) is 15.8. The van der Waals surface area contributed by atoms with Crippen LogP contribution in [0.5, 0.6) is 0 Å². The molecule has 1 aromatic rings. The van der Waals surface area contributed by atoms with E-state index >= 15 is 0 Å². The van der Waals surface area contributed by atoms with E-state index in [1.807, 2.05) is 0 Å². The first-order valence-electron chi connectivity index (χ1n) is 8.75. The molecule has 0 amide bonds. The quantitative estimate of drug-likeness (QED) is 0.389. The van der Waals surface area contributed by atoms with E-state index < -0.39 is 23.3 Å². The van der Waals surface area contributed by atoms with Gasteiger partial charge < -0.3 is 25.3 Å². The van der Waals surface area contributed by atoms with Crippen molar-refractivity contribution < 1.29 is 28.6 Å². The average Bonchev–Trinajstić information content (AvgIpc) is 2.91. The summed E-state index contributed by atoms with van der Waals surface area (Å²) in [5.74, 6) is -2.60. The van der Waals surface area contributed by atoms with Crippen molar-refractivity contribution in [3.8, 4) is 0 Å². The first-order chi connectivity index (χ1) is 13.8. The number of cyclic esters (lactones) is 1. The van der Waals surface area contributed by atoms with E-state index in [1.165, 1.54) is 13.0 Å². The minimum atomic E-state index is -1.93. The second-order valence-corrected chi connectivity index (χ2v) is 7.20. The molecule has 0 bridgehead atoms. The van der Waals surface area contributed by atoms with Crippen LogP contribution in [0.3, 0.4) is 0 Å². The van der Waals surface area contributed by atoms with Crippen LogP contribution in [-0.2, 0) is 34.0 Å². The molecule has 1 spiro atoms. The van der Waals surface area contributed by atoms with Crippen LogP contribution in [0.15, 0.2) is 58.1 Å². The fraction of sp³-hybridized carbons (Fsp3) is 0.250. The molecule has 0 saturated carbocycles. The molecule has 1 unspecified atom stereocenters. The van der Waals surface area contributed by atoms with E-state index in [1.54, 1.807) is 25.1 Å². The van der Waals surface area contributed by atoms with Crippen molar-refractivity contribution >= 4 is 39.5 Å². The van der Waals surface area contributed by atoms with Gasteiger partial charge in [0.25, 0.3) is 0 Å². The molecule has 3 N–H and O–H groups in total. The maximum absolute atomic E-state index is 13.3. The molecule has 2 aliphatic heterocycles. The lowest BCUT2D eigenvalue weighted by atomic mass is 9.67. The van der Waals surface area contributed by atoms with Crippen LogP contribution in [0, 0.1) is 0 Å². The molecule has 8 nitrogen and oxygen atoms in total. The standard InChI is InChI=1S/C20H19BrN2O6/c1-4-8-28-17(24)14-10(3)29-19(26)20(14)12-9-11(21)6-7-13(12)23-16(22)15(20)18(25)27-5-2/h4,6-7,9,23H,1,5,8,22H2,2-3H3. The SMILES string of the molecule is C=CCOC(=O)C1=C(C)OC(=O)C12C(C(=O)OCC)=C(N)Nc1ccc(Br)cc12. The summed E-state index contributed by atoms with van der Waals surface area (Å²) in [7, 11) is 0. The summed E-state index contributed by atoms with van der Waals surface area (Å²) in [6.45, 7) is 6.55. The van der Waals surface area contributed by atoms with Crippen LogP contribution in [0.2, 0.25) is 0 Å². The number of carbonyl (C=O) groups is 3. The van der Waals surface area contributed by atoms with E-state index in [2.05, 4.69) is 27.8 Å². The molecule has 152 valence electrons. The lowest BCUT2D eigenvalue weighted by Gasteiger charge is -2.36. The number of allylic oxidation sites excluding steroid dienone is 1. The van der Waals surface area contributed by atoms with Crippen molar-refractivity contribution in [2.45, 2.75) is 19.3 Å². The number of nitrogens with one attached hydrogen (secondary N) is 1. The Morgan fingerprint density at radius 3 is 2.66 bits per heavy atom. The molecule has 2 aliphatic rings. The van der Waals surface area contributed by atoms with Gasteiger partial charge in [-0.1, -0.05) is 28.6 Å². The van der Waals surface area contributed by atoms with Gasteiger partial charge in [0, 0.05) is 15.7 Å². The highest BCUT2D eigenvalue weighted by Gasteiger charge is 2.62. The molecule has 1 atom stereocenters. The molecular weight excluding hydrogens is 444 g/mol. The van der Waals surface area contributed by atoms with Gasteiger partial charge in [0.05, 0.1) is 6.61 Å². The number of esters is 3. The molecule has 1 aromatic carbocycles. The predicted molar refractivity (Wildman–Crippen MR) is 107 cm³/mol. The van der Waals surface area contributed by atoms with Gasteiger partial charge in [0.1, 0.15) is 29.3 Å². The highest BCUT2D eigenvalue weighted by Crippen LogP contribution is 2.53. The molecule has 29 heavy (non-hydrogen) atoms. The van der Waals surface area contributed by atoms with Gasteiger partial charge in [-0.3, -0.25) is 0 Å². The van der Waals surface area contributed by atoms with Gasteiger partial charge >= 0.3 is 17.9 Å². The topological polar surface area (TPSA) is 117 Å². The number of hydrogen-bond acceptors (Lipinski definition) is 8. The van der Waals surface area contributed by atoms with Crippen molar-refractivity contribution in [2.24, 2.45) is 5.73 Å². The van der Waals surface area contributed by atoms with Gasteiger partial charge in [0.15, 0.2) is 5.41 Å². The Labute approximate surface area is 175 Å². The third-order valence-corrected chi connectivity index (χ3v) is 5.09. The number of halogens is 1. The van der Waals surface area contributed by atoms with E-state index in [0.717, 1.165) is 0 Å². The van der Waals surface area contributed by atoms with Crippen molar-refractivity contribution in [1.29, 1.82) is 0 Å². The normalized spacial score (nSPS) is 20.2. The van der Waals surface area contributed by atoms with E-state index in [0.29, 0.717) is 15.7 Å². The zero-order chi connectivity index (χ0) is 21.3. The summed E-state index contributed by atoms with van der Waals surface area (Å²) < 4.78 is 16.3. The Hall–Kier alpha value is -3.07. The van der Waals surface area contributed by atoms with Gasteiger partial charge in [-0.25, -0.2) is 14.4 Å². The molecule has 3 rings (SSSR count). The largest absolute Gasteiger partial charge is 0.462 e. The first-order valence-corrected chi connectivity index (χ1v) is 9.54. The lowest BCUT2D eigenvalue weighted by Crippen LogP contribution is -2.47. The number of carbonyl (C=O) groups excluding carboxylic acids is 3. The summed E-state index contributed by atoms with van der Waals surface area (Å²) in [6.07, 6.45) is 1.39. The van der Waals surface area contributed by atoms with Gasteiger partial charge in [-0.05, 0) is 32.0 Å². The minimum Gasteiger partial charge on any atom is -0.462 e. The van der Waals surface area contributed by atoms with E-state index in [4.69, 9.17) is 19.9 Å².